The summed E-state index contributed by atoms with van der Waals surface area (Å²) in [6.45, 7) is 7.37. The van der Waals surface area contributed by atoms with Gasteiger partial charge in [-0.05, 0) is 19.8 Å². The van der Waals surface area contributed by atoms with Crippen LogP contribution in [0.1, 0.15) is 65.7 Å². The minimum Gasteiger partial charge on any atom is -0.339 e. The first-order valence-corrected chi connectivity index (χ1v) is 8.47. The number of carbonyl (C=O) groups excluding carboxylic acids is 1. The van der Waals surface area contributed by atoms with E-state index in [1.165, 1.54) is 11.3 Å². The number of piperidine rings is 1. The molecule has 0 aliphatic carbocycles. The van der Waals surface area contributed by atoms with Gasteiger partial charge in [0.05, 0.1) is 10.9 Å². The van der Waals surface area contributed by atoms with Gasteiger partial charge in [-0.15, -0.1) is 11.3 Å². The summed E-state index contributed by atoms with van der Waals surface area (Å²) in [4.78, 5) is 23.1. The normalized spacial score (nSPS) is 18.9. The lowest BCUT2D eigenvalue weighted by atomic mass is 9.97. The molecule has 1 aliphatic rings. The average molecular weight is 320 g/mol. The monoisotopic (exact) mass is 320 g/mol. The van der Waals surface area contributed by atoms with Crippen molar-refractivity contribution in [2.45, 2.75) is 45.4 Å². The molecule has 0 N–H and O–H groups in total. The Labute approximate surface area is 133 Å². The van der Waals surface area contributed by atoms with Crippen molar-refractivity contribution in [2.24, 2.45) is 0 Å². The van der Waals surface area contributed by atoms with E-state index in [-0.39, 0.29) is 17.7 Å². The van der Waals surface area contributed by atoms with Crippen molar-refractivity contribution < 1.29 is 9.32 Å². The second-order valence-corrected chi connectivity index (χ2v) is 7.05. The number of thiazole rings is 1. The fourth-order valence-electron chi connectivity index (χ4n) is 2.63. The second kappa shape index (κ2) is 6.16. The van der Waals surface area contributed by atoms with E-state index in [2.05, 4.69) is 15.1 Å². The number of hydrogen-bond acceptors (Lipinski definition) is 6. The zero-order valence-corrected chi connectivity index (χ0v) is 13.9. The lowest BCUT2D eigenvalue weighted by Gasteiger charge is -2.30. The van der Waals surface area contributed by atoms with Gasteiger partial charge in [-0.1, -0.05) is 19.0 Å². The third-order valence-corrected chi connectivity index (χ3v) is 4.64. The van der Waals surface area contributed by atoms with Crippen LogP contribution in [0.15, 0.2) is 9.90 Å². The summed E-state index contributed by atoms with van der Waals surface area (Å²) >= 11 is 1.50. The van der Waals surface area contributed by atoms with Crippen molar-refractivity contribution in [1.82, 2.24) is 20.0 Å². The van der Waals surface area contributed by atoms with E-state index in [1.54, 1.807) is 0 Å². The first-order chi connectivity index (χ1) is 10.5. The number of aromatic nitrogens is 3. The number of aryl methyl sites for hydroxylation is 1. The van der Waals surface area contributed by atoms with Crippen LogP contribution in [0.3, 0.4) is 0 Å². The third-order valence-electron chi connectivity index (χ3n) is 3.87. The van der Waals surface area contributed by atoms with E-state index in [0.29, 0.717) is 18.1 Å². The van der Waals surface area contributed by atoms with Crippen molar-refractivity contribution in [3.8, 4) is 0 Å². The standard InChI is InChI=1S/C15H20N4O2S/c1-9(2)13-17-14(21-18-13)11-5-4-6-19(7-11)15(20)12-8-22-10(3)16-12/h8-9,11H,4-7H2,1-3H3. The molecule has 1 aliphatic heterocycles. The molecule has 22 heavy (non-hydrogen) atoms. The highest BCUT2D eigenvalue weighted by atomic mass is 32.1. The fourth-order valence-corrected chi connectivity index (χ4v) is 3.22. The van der Waals surface area contributed by atoms with Crippen LogP contribution in [0.2, 0.25) is 0 Å². The molecule has 118 valence electrons. The molecule has 2 aromatic heterocycles. The van der Waals surface area contributed by atoms with Crippen LogP contribution < -0.4 is 0 Å². The minimum atomic E-state index is -0.00218. The van der Waals surface area contributed by atoms with Gasteiger partial charge in [0.25, 0.3) is 5.91 Å². The second-order valence-electron chi connectivity index (χ2n) is 5.99. The molecule has 0 aromatic carbocycles. The number of nitrogens with zero attached hydrogens (tertiary/aromatic N) is 4. The zero-order chi connectivity index (χ0) is 15.7. The maximum Gasteiger partial charge on any atom is 0.273 e. The lowest BCUT2D eigenvalue weighted by Crippen LogP contribution is -2.39. The van der Waals surface area contributed by atoms with Crippen LogP contribution >= 0.6 is 11.3 Å². The molecular formula is C15H20N4O2S. The topological polar surface area (TPSA) is 72.1 Å². The molecule has 1 atom stereocenters. The van der Waals surface area contributed by atoms with Crippen LogP contribution in [0.25, 0.3) is 0 Å². The number of likely N-dealkylation sites (tertiary alicyclic amines) is 1. The van der Waals surface area contributed by atoms with Crippen molar-refractivity contribution in [2.75, 3.05) is 13.1 Å². The van der Waals surface area contributed by atoms with Gasteiger partial charge in [0.15, 0.2) is 5.82 Å². The van der Waals surface area contributed by atoms with Gasteiger partial charge in [-0.25, -0.2) is 4.98 Å². The number of amides is 1. The van der Waals surface area contributed by atoms with Crippen LogP contribution in [0.5, 0.6) is 0 Å². The molecule has 1 fully saturated rings. The van der Waals surface area contributed by atoms with E-state index < -0.39 is 0 Å². The summed E-state index contributed by atoms with van der Waals surface area (Å²) < 4.78 is 5.39. The van der Waals surface area contributed by atoms with Gasteiger partial charge < -0.3 is 9.42 Å². The van der Waals surface area contributed by atoms with Gasteiger partial charge in [-0.2, -0.15) is 4.98 Å². The first-order valence-electron chi connectivity index (χ1n) is 7.59. The minimum absolute atomic E-state index is 0.00218. The maximum atomic E-state index is 12.5. The van der Waals surface area contributed by atoms with Crippen LogP contribution in [-0.2, 0) is 0 Å². The molecule has 0 spiro atoms. The Morgan fingerprint density at radius 1 is 1.45 bits per heavy atom. The molecule has 1 saturated heterocycles. The first kappa shape index (κ1) is 15.1. The molecule has 3 heterocycles. The smallest absolute Gasteiger partial charge is 0.273 e. The predicted molar refractivity (Wildman–Crippen MR) is 83.1 cm³/mol. The molecule has 2 aromatic rings. The summed E-state index contributed by atoms with van der Waals surface area (Å²) in [6.07, 6.45) is 1.92. The Morgan fingerprint density at radius 2 is 2.27 bits per heavy atom. The Kier molecular flexibility index (Phi) is 4.24. The zero-order valence-electron chi connectivity index (χ0n) is 13.1. The summed E-state index contributed by atoms with van der Waals surface area (Å²) in [5.74, 6) is 1.75. The van der Waals surface area contributed by atoms with E-state index in [0.717, 1.165) is 30.2 Å². The highest BCUT2D eigenvalue weighted by Gasteiger charge is 2.30. The van der Waals surface area contributed by atoms with E-state index >= 15 is 0 Å². The van der Waals surface area contributed by atoms with Gasteiger partial charge in [0.1, 0.15) is 5.69 Å². The molecule has 1 amide bonds. The fraction of sp³-hybridized carbons (Fsp3) is 0.600. The summed E-state index contributed by atoms with van der Waals surface area (Å²) in [7, 11) is 0. The SMILES string of the molecule is Cc1nc(C(=O)N2CCCC(c3nc(C(C)C)no3)C2)cs1. The molecule has 0 saturated carbocycles. The molecular weight excluding hydrogens is 300 g/mol. The Bertz CT molecular complexity index is 664. The molecule has 1 unspecified atom stereocenters. The van der Waals surface area contributed by atoms with E-state index in [1.807, 2.05) is 31.1 Å². The van der Waals surface area contributed by atoms with Crippen molar-refractivity contribution in [3.63, 3.8) is 0 Å². The molecule has 3 rings (SSSR count). The summed E-state index contributed by atoms with van der Waals surface area (Å²) in [5, 5.41) is 6.76. The number of carbonyl (C=O) groups is 1. The summed E-state index contributed by atoms with van der Waals surface area (Å²) in [5.41, 5.74) is 0.538. The highest BCUT2D eigenvalue weighted by molar-refractivity contribution is 7.09. The lowest BCUT2D eigenvalue weighted by molar-refractivity contribution is 0.0690. The number of rotatable bonds is 3. The van der Waals surface area contributed by atoms with Crippen LogP contribution in [-0.4, -0.2) is 39.0 Å². The molecule has 7 heteroatoms. The van der Waals surface area contributed by atoms with Gasteiger partial charge >= 0.3 is 0 Å². The van der Waals surface area contributed by atoms with Crippen LogP contribution in [0, 0.1) is 6.92 Å². The van der Waals surface area contributed by atoms with Crippen molar-refractivity contribution >= 4 is 17.2 Å². The Hall–Kier alpha value is -1.76. The third kappa shape index (κ3) is 3.04. The quantitative estimate of drug-likeness (QED) is 0.869. The van der Waals surface area contributed by atoms with Gasteiger partial charge in [0.2, 0.25) is 5.89 Å². The largest absolute Gasteiger partial charge is 0.339 e. The summed E-state index contributed by atoms with van der Waals surface area (Å²) in [6, 6.07) is 0. The Balaban J connectivity index is 1.72. The van der Waals surface area contributed by atoms with E-state index in [9.17, 15) is 4.79 Å². The molecule has 0 bridgehead atoms. The maximum absolute atomic E-state index is 12.5. The molecule has 0 radical (unpaired) electrons. The van der Waals surface area contributed by atoms with Gasteiger partial charge in [-0.3, -0.25) is 4.79 Å². The van der Waals surface area contributed by atoms with Crippen molar-refractivity contribution in [3.05, 3.63) is 27.8 Å². The predicted octanol–water partition coefficient (Wildman–Crippen LogP) is 2.98. The Morgan fingerprint density at radius 3 is 2.91 bits per heavy atom. The van der Waals surface area contributed by atoms with Crippen LogP contribution in [0.4, 0.5) is 0 Å². The van der Waals surface area contributed by atoms with Crippen molar-refractivity contribution in [1.29, 1.82) is 0 Å². The average Bonchev–Trinajstić information content (AvgIpc) is 3.15. The molecule has 6 nitrogen and oxygen atoms in total. The van der Waals surface area contributed by atoms with E-state index in [4.69, 9.17) is 4.52 Å². The number of hydrogen-bond donors (Lipinski definition) is 0. The highest BCUT2D eigenvalue weighted by Crippen LogP contribution is 2.27. The van der Waals surface area contributed by atoms with Gasteiger partial charge in [0, 0.05) is 24.4 Å².